The van der Waals surface area contributed by atoms with E-state index in [0.29, 0.717) is 17.5 Å². The zero-order chi connectivity index (χ0) is 21.3. The van der Waals surface area contributed by atoms with E-state index in [1.54, 1.807) is 12.1 Å². The molecule has 1 amide bonds. The molecule has 30 heavy (non-hydrogen) atoms. The minimum absolute atomic E-state index is 0.0888. The Bertz CT molecular complexity index is 1070. The van der Waals surface area contributed by atoms with Crippen molar-refractivity contribution in [1.82, 2.24) is 14.8 Å². The highest BCUT2D eigenvalue weighted by molar-refractivity contribution is 6.05. The summed E-state index contributed by atoms with van der Waals surface area (Å²) in [5.41, 5.74) is 0.676. The van der Waals surface area contributed by atoms with Crippen LogP contribution in [0.4, 0.5) is 14.5 Å². The molecule has 1 aliphatic carbocycles. The van der Waals surface area contributed by atoms with Gasteiger partial charge in [0.05, 0.1) is 24.4 Å². The number of pyridine rings is 1. The van der Waals surface area contributed by atoms with Crippen molar-refractivity contribution >= 4 is 22.5 Å². The van der Waals surface area contributed by atoms with Gasteiger partial charge in [0, 0.05) is 24.6 Å². The number of rotatable bonds is 5. The van der Waals surface area contributed by atoms with Crippen LogP contribution in [0.15, 0.2) is 36.5 Å². The molecule has 2 heterocycles. The Morgan fingerprint density at radius 2 is 2.00 bits per heavy atom. The van der Waals surface area contributed by atoms with E-state index in [2.05, 4.69) is 10.3 Å². The van der Waals surface area contributed by atoms with Crippen LogP contribution in [0.25, 0.3) is 10.9 Å². The second-order valence-corrected chi connectivity index (χ2v) is 7.76. The van der Waals surface area contributed by atoms with Crippen molar-refractivity contribution in [2.75, 3.05) is 12.4 Å². The number of ether oxygens (including phenoxy) is 1. The Labute approximate surface area is 173 Å². The molecule has 0 aliphatic heterocycles. The maximum Gasteiger partial charge on any atom is 0.287 e. The highest BCUT2D eigenvalue weighted by Crippen LogP contribution is 2.33. The van der Waals surface area contributed by atoms with Crippen molar-refractivity contribution in [2.24, 2.45) is 0 Å². The normalized spacial score (nSPS) is 15.3. The van der Waals surface area contributed by atoms with Crippen LogP contribution in [0.2, 0.25) is 0 Å². The summed E-state index contributed by atoms with van der Waals surface area (Å²) in [6, 6.07) is 7.94. The first-order chi connectivity index (χ1) is 14.3. The SMILES string of the molecule is COc1cc2nn(C3CCCCC3)cc2cc1NC(=O)c1cccc(C(C)(F)F)n1. The third kappa shape index (κ3) is 4.13. The lowest BCUT2D eigenvalue weighted by Crippen LogP contribution is -2.17. The number of alkyl halides is 2. The largest absolute Gasteiger partial charge is 0.494 e. The molecule has 1 saturated carbocycles. The van der Waals surface area contributed by atoms with Gasteiger partial charge in [0.1, 0.15) is 17.1 Å². The summed E-state index contributed by atoms with van der Waals surface area (Å²) < 4.78 is 34.5. The van der Waals surface area contributed by atoms with E-state index in [-0.39, 0.29) is 5.69 Å². The molecule has 0 bridgehead atoms. The van der Waals surface area contributed by atoms with E-state index in [4.69, 9.17) is 9.84 Å². The topological polar surface area (TPSA) is 69.0 Å². The quantitative estimate of drug-likeness (QED) is 0.614. The fourth-order valence-electron chi connectivity index (χ4n) is 3.86. The minimum atomic E-state index is -3.12. The Morgan fingerprint density at radius 1 is 1.23 bits per heavy atom. The second kappa shape index (κ2) is 8.01. The van der Waals surface area contributed by atoms with Crippen LogP contribution in [0.5, 0.6) is 5.75 Å². The lowest BCUT2D eigenvalue weighted by atomic mass is 9.96. The number of halogens is 2. The molecule has 1 aromatic carbocycles. The molecular formula is C22H24F2N4O2. The first-order valence-corrected chi connectivity index (χ1v) is 10.1. The smallest absolute Gasteiger partial charge is 0.287 e. The molecular weight excluding hydrogens is 390 g/mol. The minimum Gasteiger partial charge on any atom is -0.494 e. The van der Waals surface area contributed by atoms with E-state index in [0.717, 1.165) is 30.7 Å². The number of hydrogen-bond acceptors (Lipinski definition) is 4. The first-order valence-electron chi connectivity index (χ1n) is 10.1. The highest BCUT2D eigenvalue weighted by Gasteiger charge is 2.27. The zero-order valence-electron chi connectivity index (χ0n) is 17.0. The molecule has 0 saturated heterocycles. The van der Waals surface area contributed by atoms with Crippen LogP contribution in [-0.4, -0.2) is 27.8 Å². The van der Waals surface area contributed by atoms with Crippen LogP contribution in [0.1, 0.15) is 61.3 Å². The number of fused-ring (bicyclic) bond motifs is 1. The van der Waals surface area contributed by atoms with Gasteiger partial charge in [-0.2, -0.15) is 13.9 Å². The Kier molecular flexibility index (Phi) is 5.40. The number of carbonyl (C=O) groups is 1. The van der Waals surface area contributed by atoms with Gasteiger partial charge in [-0.1, -0.05) is 25.3 Å². The van der Waals surface area contributed by atoms with Crippen molar-refractivity contribution in [3.05, 3.63) is 47.9 Å². The Balaban J connectivity index is 1.62. The number of nitrogens with zero attached hydrogens (tertiary/aromatic N) is 3. The zero-order valence-corrected chi connectivity index (χ0v) is 17.0. The van der Waals surface area contributed by atoms with Crippen LogP contribution in [0.3, 0.4) is 0 Å². The van der Waals surface area contributed by atoms with Gasteiger partial charge in [0.2, 0.25) is 0 Å². The van der Waals surface area contributed by atoms with Gasteiger partial charge in [-0.3, -0.25) is 9.48 Å². The molecule has 3 aromatic rings. The van der Waals surface area contributed by atoms with Gasteiger partial charge in [-0.15, -0.1) is 0 Å². The van der Waals surface area contributed by atoms with Gasteiger partial charge in [-0.05, 0) is 31.0 Å². The summed E-state index contributed by atoms with van der Waals surface area (Å²) in [6.45, 7) is 0.748. The number of hydrogen-bond donors (Lipinski definition) is 1. The molecule has 0 atom stereocenters. The fourth-order valence-corrected chi connectivity index (χ4v) is 3.86. The molecule has 0 unspecified atom stereocenters. The maximum atomic E-state index is 13.6. The van der Waals surface area contributed by atoms with Gasteiger partial charge >= 0.3 is 0 Å². The van der Waals surface area contributed by atoms with E-state index in [9.17, 15) is 13.6 Å². The third-order valence-electron chi connectivity index (χ3n) is 5.47. The number of anilines is 1. The molecule has 1 N–H and O–H groups in total. The Hall–Kier alpha value is -3.03. The predicted molar refractivity (Wildman–Crippen MR) is 110 cm³/mol. The average molecular weight is 414 g/mol. The first kappa shape index (κ1) is 20.3. The van der Waals surface area contributed by atoms with Gasteiger partial charge < -0.3 is 10.1 Å². The molecule has 8 heteroatoms. The summed E-state index contributed by atoms with van der Waals surface area (Å²) in [4.78, 5) is 16.5. The van der Waals surface area contributed by atoms with Gasteiger partial charge in [-0.25, -0.2) is 4.98 Å². The molecule has 1 aliphatic rings. The number of methoxy groups -OCH3 is 1. The van der Waals surface area contributed by atoms with Gasteiger partial charge in [0.15, 0.2) is 0 Å². The van der Waals surface area contributed by atoms with Crippen LogP contribution in [-0.2, 0) is 5.92 Å². The van der Waals surface area contributed by atoms with Gasteiger partial charge in [0.25, 0.3) is 11.8 Å². The van der Waals surface area contributed by atoms with Crippen molar-refractivity contribution in [3.63, 3.8) is 0 Å². The van der Waals surface area contributed by atoms with Crippen molar-refractivity contribution in [3.8, 4) is 5.75 Å². The molecule has 4 rings (SSSR count). The lowest BCUT2D eigenvalue weighted by Gasteiger charge is -2.21. The molecule has 158 valence electrons. The van der Waals surface area contributed by atoms with E-state index < -0.39 is 17.5 Å². The number of aromatic nitrogens is 3. The number of carbonyl (C=O) groups excluding carboxylic acids is 1. The number of benzene rings is 1. The number of amides is 1. The highest BCUT2D eigenvalue weighted by atomic mass is 19.3. The lowest BCUT2D eigenvalue weighted by molar-refractivity contribution is 0.0126. The third-order valence-corrected chi connectivity index (χ3v) is 5.47. The molecule has 0 spiro atoms. The summed E-state index contributed by atoms with van der Waals surface area (Å²) in [6.07, 6.45) is 7.87. The van der Waals surface area contributed by atoms with Crippen molar-refractivity contribution in [1.29, 1.82) is 0 Å². The van der Waals surface area contributed by atoms with E-state index in [1.807, 2.05) is 10.9 Å². The maximum absolute atomic E-state index is 13.6. The fraction of sp³-hybridized carbons (Fsp3) is 0.409. The standard InChI is InChI=1S/C22H24F2N4O2/c1-22(23,24)20-10-6-9-16(25-20)21(29)26-18-11-14-13-28(15-7-4-3-5-8-15)27-17(14)12-19(18)30-2/h6,9-13,15H,3-5,7-8H2,1-2H3,(H,26,29). The summed E-state index contributed by atoms with van der Waals surface area (Å²) in [5.74, 6) is -3.26. The van der Waals surface area contributed by atoms with E-state index >= 15 is 0 Å². The van der Waals surface area contributed by atoms with Crippen LogP contribution >= 0.6 is 0 Å². The van der Waals surface area contributed by atoms with E-state index in [1.165, 1.54) is 44.6 Å². The molecule has 2 aromatic heterocycles. The summed E-state index contributed by atoms with van der Waals surface area (Å²) >= 11 is 0. The summed E-state index contributed by atoms with van der Waals surface area (Å²) in [7, 11) is 1.51. The summed E-state index contributed by atoms with van der Waals surface area (Å²) in [5, 5.41) is 8.29. The number of nitrogens with one attached hydrogen (secondary N) is 1. The molecule has 0 radical (unpaired) electrons. The average Bonchev–Trinajstić information content (AvgIpc) is 3.16. The molecule has 6 nitrogen and oxygen atoms in total. The second-order valence-electron chi connectivity index (χ2n) is 7.76. The Morgan fingerprint density at radius 3 is 2.70 bits per heavy atom. The molecule has 1 fully saturated rings. The van der Waals surface area contributed by atoms with Crippen molar-refractivity contribution < 1.29 is 18.3 Å². The monoisotopic (exact) mass is 414 g/mol. The van der Waals surface area contributed by atoms with Crippen LogP contribution in [0, 0.1) is 0 Å². The van der Waals surface area contributed by atoms with Crippen molar-refractivity contribution in [2.45, 2.75) is 51.0 Å². The van der Waals surface area contributed by atoms with Crippen LogP contribution < -0.4 is 10.1 Å². The predicted octanol–water partition coefficient (Wildman–Crippen LogP) is 5.31.